The van der Waals surface area contributed by atoms with E-state index >= 15 is 0 Å². The molecule has 2 amide bonds. The minimum atomic E-state index is -0.578. The number of hydrogen-bond donors (Lipinski definition) is 1. The minimum absolute atomic E-state index is 0. The summed E-state index contributed by atoms with van der Waals surface area (Å²) >= 11 is 12.0. The molecule has 0 saturated carbocycles. The normalized spacial score (nSPS) is 28.1. The van der Waals surface area contributed by atoms with Gasteiger partial charge in [0.25, 0.3) is 0 Å². The number of anilines is 1. The molecule has 3 aliphatic rings. The van der Waals surface area contributed by atoms with E-state index in [-0.39, 0.29) is 24.2 Å². The molecule has 3 unspecified atom stereocenters. The second-order valence-corrected chi connectivity index (χ2v) is 7.95. The number of rotatable bonds is 2. The van der Waals surface area contributed by atoms with Crippen LogP contribution in [0, 0.1) is 5.92 Å². The van der Waals surface area contributed by atoms with Crippen LogP contribution in [-0.2, 0) is 9.59 Å². The van der Waals surface area contributed by atoms with Gasteiger partial charge in [-0.05, 0) is 43.9 Å². The lowest BCUT2D eigenvalue weighted by Crippen LogP contribution is -2.44. The SMILES string of the molecule is Cl.O=C(C1CCN(c2ccc(Cl)c(Cl)c2)C1=O)N1CCC2CCC(C1)N2. The first-order chi connectivity index (χ1) is 12.0. The Morgan fingerprint density at radius 1 is 1.04 bits per heavy atom. The van der Waals surface area contributed by atoms with Crippen LogP contribution in [0.1, 0.15) is 25.7 Å². The number of hydrogen-bond acceptors (Lipinski definition) is 3. The Balaban J connectivity index is 0.00000196. The van der Waals surface area contributed by atoms with Gasteiger partial charge in [0.15, 0.2) is 0 Å². The van der Waals surface area contributed by atoms with E-state index in [1.54, 1.807) is 23.1 Å². The van der Waals surface area contributed by atoms with E-state index in [1.807, 2.05) is 4.90 Å². The number of likely N-dealkylation sites (tertiary alicyclic amines) is 1. The van der Waals surface area contributed by atoms with E-state index in [4.69, 9.17) is 23.2 Å². The number of benzene rings is 1. The van der Waals surface area contributed by atoms with Crippen LogP contribution in [-0.4, -0.2) is 48.4 Å². The Hall–Kier alpha value is -1.01. The number of halogens is 3. The number of carbonyl (C=O) groups excluding carboxylic acids is 2. The van der Waals surface area contributed by atoms with Gasteiger partial charge in [0, 0.05) is 37.4 Å². The summed E-state index contributed by atoms with van der Waals surface area (Å²) in [6, 6.07) is 6.03. The van der Waals surface area contributed by atoms with Gasteiger partial charge in [-0.15, -0.1) is 12.4 Å². The maximum absolute atomic E-state index is 12.9. The van der Waals surface area contributed by atoms with E-state index in [0.717, 1.165) is 19.4 Å². The highest BCUT2D eigenvalue weighted by atomic mass is 35.5. The van der Waals surface area contributed by atoms with Crippen molar-refractivity contribution in [2.24, 2.45) is 5.92 Å². The molecule has 4 rings (SSSR count). The van der Waals surface area contributed by atoms with Gasteiger partial charge < -0.3 is 15.1 Å². The Morgan fingerprint density at radius 3 is 2.58 bits per heavy atom. The van der Waals surface area contributed by atoms with Crippen LogP contribution in [0.15, 0.2) is 18.2 Å². The van der Waals surface area contributed by atoms with Crippen LogP contribution in [0.2, 0.25) is 10.0 Å². The van der Waals surface area contributed by atoms with Crippen LogP contribution in [0.5, 0.6) is 0 Å². The smallest absolute Gasteiger partial charge is 0.239 e. The maximum Gasteiger partial charge on any atom is 0.239 e. The summed E-state index contributed by atoms with van der Waals surface area (Å²) in [6.07, 6.45) is 3.83. The molecule has 5 nitrogen and oxygen atoms in total. The Bertz CT molecular complexity index is 715. The molecule has 3 aliphatic heterocycles. The Morgan fingerprint density at radius 2 is 1.81 bits per heavy atom. The Kier molecular flexibility index (Phi) is 6.02. The maximum atomic E-state index is 12.9. The zero-order chi connectivity index (χ0) is 17.6. The average Bonchev–Trinajstić information content (AvgIpc) is 3.12. The molecule has 0 aliphatic carbocycles. The quantitative estimate of drug-likeness (QED) is 0.751. The molecular formula is C18H22Cl3N3O2. The highest BCUT2D eigenvalue weighted by Gasteiger charge is 2.41. The van der Waals surface area contributed by atoms with E-state index in [0.29, 0.717) is 47.3 Å². The van der Waals surface area contributed by atoms with E-state index < -0.39 is 5.92 Å². The van der Waals surface area contributed by atoms with Crippen LogP contribution < -0.4 is 10.2 Å². The summed E-state index contributed by atoms with van der Waals surface area (Å²) in [4.78, 5) is 29.3. The highest BCUT2D eigenvalue weighted by Crippen LogP contribution is 2.32. The molecule has 1 aromatic carbocycles. The third kappa shape index (κ3) is 3.68. The van der Waals surface area contributed by atoms with Gasteiger partial charge in [0.05, 0.1) is 10.0 Å². The summed E-state index contributed by atoms with van der Waals surface area (Å²) in [5, 5.41) is 4.44. The topological polar surface area (TPSA) is 52.7 Å². The molecule has 0 spiro atoms. The van der Waals surface area contributed by atoms with Crippen molar-refractivity contribution in [1.29, 1.82) is 0 Å². The molecule has 3 saturated heterocycles. The van der Waals surface area contributed by atoms with Crippen molar-refractivity contribution in [1.82, 2.24) is 10.2 Å². The highest BCUT2D eigenvalue weighted by molar-refractivity contribution is 6.42. The largest absolute Gasteiger partial charge is 0.340 e. The summed E-state index contributed by atoms with van der Waals surface area (Å²) in [5.74, 6) is -0.737. The lowest BCUT2D eigenvalue weighted by molar-refractivity contribution is -0.140. The summed E-state index contributed by atoms with van der Waals surface area (Å²) in [5.41, 5.74) is 0.700. The zero-order valence-electron chi connectivity index (χ0n) is 14.3. The molecule has 142 valence electrons. The van der Waals surface area contributed by atoms with Crippen molar-refractivity contribution in [3.8, 4) is 0 Å². The third-order valence-electron chi connectivity index (χ3n) is 5.55. The van der Waals surface area contributed by atoms with Gasteiger partial charge in [-0.3, -0.25) is 9.59 Å². The van der Waals surface area contributed by atoms with E-state index in [1.165, 1.54) is 6.42 Å². The van der Waals surface area contributed by atoms with E-state index in [2.05, 4.69) is 5.32 Å². The van der Waals surface area contributed by atoms with Gasteiger partial charge in [0.2, 0.25) is 11.8 Å². The number of nitrogens with zero attached hydrogens (tertiary/aromatic N) is 2. The number of fused-ring (bicyclic) bond motifs is 2. The average molecular weight is 419 g/mol. The number of amides is 2. The fraction of sp³-hybridized carbons (Fsp3) is 0.556. The number of nitrogens with one attached hydrogen (secondary N) is 1. The van der Waals surface area contributed by atoms with Crippen molar-refractivity contribution in [3.05, 3.63) is 28.2 Å². The molecule has 3 fully saturated rings. The molecule has 26 heavy (non-hydrogen) atoms. The molecule has 0 aromatic heterocycles. The molecule has 2 bridgehead atoms. The summed E-state index contributed by atoms with van der Waals surface area (Å²) < 4.78 is 0. The lowest BCUT2D eigenvalue weighted by atomic mass is 10.0. The van der Waals surface area contributed by atoms with Gasteiger partial charge in [0.1, 0.15) is 5.92 Å². The molecule has 1 N–H and O–H groups in total. The molecule has 1 aromatic rings. The van der Waals surface area contributed by atoms with Crippen molar-refractivity contribution in [3.63, 3.8) is 0 Å². The first kappa shape index (κ1) is 19.7. The summed E-state index contributed by atoms with van der Waals surface area (Å²) in [7, 11) is 0. The van der Waals surface area contributed by atoms with Gasteiger partial charge in [-0.25, -0.2) is 0 Å². The summed E-state index contributed by atoms with van der Waals surface area (Å²) in [6.45, 7) is 1.99. The molecule has 8 heteroatoms. The van der Waals surface area contributed by atoms with Gasteiger partial charge in [-0.1, -0.05) is 23.2 Å². The van der Waals surface area contributed by atoms with Crippen LogP contribution >= 0.6 is 35.6 Å². The van der Waals surface area contributed by atoms with E-state index in [9.17, 15) is 9.59 Å². The molecule has 0 radical (unpaired) electrons. The predicted molar refractivity (Wildman–Crippen MR) is 105 cm³/mol. The Labute approximate surface area is 169 Å². The fourth-order valence-corrected chi connectivity index (χ4v) is 4.47. The van der Waals surface area contributed by atoms with Crippen LogP contribution in [0.25, 0.3) is 0 Å². The van der Waals surface area contributed by atoms with Gasteiger partial charge in [-0.2, -0.15) is 0 Å². The van der Waals surface area contributed by atoms with Crippen molar-refractivity contribution >= 4 is 53.1 Å². The first-order valence-corrected chi connectivity index (χ1v) is 9.60. The lowest BCUT2D eigenvalue weighted by Gasteiger charge is -2.26. The monoisotopic (exact) mass is 417 g/mol. The predicted octanol–water partition coefficient (Wildman–Crippen LogP) is 3.12. The van der Waals surface area contributed by atoms with Crippen molar-refractivity contribution in [2.45, 2.75) is 37.8 Å². The number of carbonyl (C=O) groups is 2. The second-order valence-electron chi connectivity index (χ2n) is 7.14. The third-order valence-corrected chi connectivity index (χ3v) is 6.29. The second kappa shape index (κ2) is 7.93. The molecular weight excluding hydrogens is 397 g/mol. The first-order valence-electron chi connectivity index (χ1n) is 8.84. The molecule has 3 heterocycles. The standard InChI is InChI=1S/C18H21Cl2N3O2.ClH/c19-15-4-3-13(9-16(15)20)23-8-6-14(18(23)25)17(24)22-7-5-11-1-2-12(10-22)21-11;/h3-4,9,11-12,14,21H,1-2,5-8,10H2;1H. The van der Waals surface area contributed by atoms with Crippen molar-refractivity contribution in [2.75, 3.05) is 24.5 Å². The zero-order valence-corrected chi connectivity index (χ0v) is 16.6. The van der Waals surface area contributed by atoms with Gasteiger partial charge >= 0.3 is 0 Å². The van der Waals surface area contributed by atoms with Crippen LogP contribution in [0.4, 0.5) is 5.69 Å². The van der Waals surface area contributed by atoms with Crippen molar-refractivity contribution < 1.29 is 9.59 Å². The van der Waals surface area contributed by atoms with Crippen LogP contribution in [0.3, 0.4) is 0 Å². The molecule has 3 atom stereocenters. The fourth-order valence-electron chi connectivity index (χ4n) is 4.18. The minimum Gasteiger partial charge on any atom is -0.340 e.